The van der Waals surface area contributed by atoms with E-state index in [0.717, 1.165) is 18.7 Å². The van der Waals surface area contributed by atoms with Gasteiger partial charge in [0, 0.05) is 18.0 Å². The van der Waals surface area contributed by atoms with Crippen molar-refractivity contribution in [2.75, 3.05) is 11.2 Å². The molecule has 0 aliphatic heterocycles. The van der Waals surface area contributed by atoms with Crippen molar-refractivity contribution in [3.8, 4) is 5.88 Å². The van der Waals surface area contributed by atoms with Crippen molar-refractivity contribution in [2.24, 2.45) is 0 Å². The van der Waals surface area contributed by atoms with Crippen LogP contribution in [-0.2, 0) is 0 Å². The van der Waals surface area contributed by atoms with Crippen LogP contribution in [0.15, 0.2) is 12.4 Å². The minimum atomic E-state index is 0.113. The van der Waals surface area contributed by atoms with Crippen molar-refractivity contribution in [2.45, 2.75) is 45.8 Å². The molecule has 0 saturated heterocycles. The van der Waals surface area contributed by atoms with Crippen LogP contribution < -0.4 is 10.1 Å². The number of nitrogens with one attached hydrogen (secondary N) is 1. The van der Waals surface area contributed by atoms with Gasteiger partial charge in [-0.05, 0) is 26.7 Å². The molecule has 0 fully saturated rings. The maximum Gasteiger partial charge on any atom is 0.218 e. The first-order valence-corrected chi connectivity index (χ1v) is 6.50. The fraction of sp³-hybridized carbons (Fsp3) is 0.667. The molecule has 0 radical (unpaired) electrons. The van der Waals surface area contributed by atoms with E-state index in [2.05, 4.69) is 22.2 Å². The number of halogens is 1. The number of alkyl halides is 1. The summed E-state index contributed by atoms with van der Waals surface area (Å²) in [5, 5.41) is 3.33. The molecule has 1 atom stereocenters. The molecule has 0 amide bonds. The number of aromatic nitrogens is 2. The molecule has 0 aromatic carbocycles. The van der Waals surface area contributed by atoms with Gasteiger partial charge in [-0.25, -0.2) is 9.97 Å². The molecule has 1 unspecified atom stereocenters. The SMILES string of the molecule is CCC(CCCl)Nc1cc(OC(C)C)ncn1. The summed E-state index contributed by atoms with van der Waals surface area (Å²) in [4.78, 5) is 8.23. The van der Waals surface area contributed by atoms with E-state index < -0.39 is 0 Å². The minimum Gasteiger partial charge on any atom is -0.475 e. The van der Waals surface area contributed by atoms with E-state index in [1.54, 1.807) is 0 Å². The molecule has 0 aliphatic carbocycles. The Kier molecular flexibility index (Phi) is 6.05. The Morgan fingerprint density at radius 3 is 2.76 bits per heavy atom. The van der Waals surface area contributed by atoms with Crippen LogP contribution >= 0.6 is 11.6 Å². The van der Waals surface area contributed by atoms with E-state index in [4.69, 9.17) is 16.3 Å². The first kappa shape index (κ1) is 14.0. The Bertz CT molecular complexity index is 333. The first-order valence-electron chi connectivity index (χ1n) is 5.97. The number of ether oxygens (including phenoxy) is 1. The molecule has 17 heavy (non-hydrogen) atoms. The molecule has 1 aromatic heterocycles. The molecule has 96 valence electrons. The fourth-order valence-corrected chi connectivity index (χ4v) is 1.71. The van der Waals surface area contributed by atoms with E-state index in [1.165, 1.54) is 6.33 Å². The molecule has 1 N–H and O–H groups in total. The second-order valence-corrected chi connectivity index (χ2v) is 4.51. The Balaban J connectivity index is 2.63. The third kappa shape index (κ3) is 5.22. The molecular weight excluding hydrogens is 238 g/mol. The molecule has 1 heterocycles. The van der Waals surface area contributed by atoms with Crippen LogP contribution in [-0.4, -0.2) is 28.0 Å². The van der Waals surface area contributed by atoms with Gasteiger partial charge in [0.25, 0.3) is 0 Å². The second-order valence-electron chi connectivity index (χ2n) is 4.14. The van der Waals surface area contributed by atoms with Crippen LogP contribution in [0.25, 0.3) is 0 Å². The van der Waals surface area contributed by atoms with Gasteiger partial charge in [0.2, 0.25) is 5.88 Å². The molecule has 1 aromatic rings. The van der Waals surface area contributed by atoms with E-state index in [9.17, 15) is 0 Å². The van der Waals surface area contributed by atoms with Crippen molar-refractivity contribution in [1.29, 1.82) is 0 Å². The average Bonchev–Trinajstić information content (AvgIpc) is 2.28. The molecule has 1 rings (SSSR count). The zero-order valence-electron chi connectivity index (χ0n) is 10.6. The molecule has 0 spiro atoms. The van der Waals surface area contributed by atoms with Gasteiger partial charge in [0.15, 0.2) is 0 Å². The van der Waals surface area contributed by atoms with E-state index in [1.807, 2.05) is 19.9 Å². The Hall–Kier alpha value is -1.03. The van der Waals surface area contributed by atoms with Crippen molar-refractivity contribution in [3.63, 3.8) is 0 Å². The topological polar surface area (TPSA) is 47.0 Å². The second kappa shape index (κ2) is 7.33. The average molecular weight is 258 g/mol. The highest BCUT2D eigenvalue weighted by molar-refractivity contribution is 6.17. The molecule has 0 saturated carbocycles. The zero-order valence-corrected chi connectivity index (χ0v) is 11.4. The van der Waals surface area contributed by atoms with Crippen LogP contribution in [0.5, 0.6) is 5.88 Å². The monoisotopic (exact) mass is 257 g/mol. The number of hydrogen-bond donors (Lipinski definition) is 1. The highest BCUT2D eigenvalue weighted by atomic mass is 35.5. The third-order valence-corrected chi connectivity index (χ3v) is 2.52. The normalized spacial score (nSPS) is 12.5. The summed E-state index contributed by atoms with van der Waals surface area (Å²) in [6.07, 6.45) is 3.55. The Morgan fingerprint density at radius 1 is 1.41 bits per heavy atom. The van der Waals surface area contributed by atoms with Crippen molar-refractivity contribution in [3.05, 3.63) is 12.4 Å². The summed E-state index contributed by atoms with van der Waals surface area (Å²) in [6, 6.07) is 2.16. The van der Waals surface area contributed by atoms with Crippen LogP contribution in [0, 0.1) is 0 Å². The predicted molar refractivity (Wildman–Crippen MR) is 70.8 cm³/mol. The van der Waals surface area contributed by atoms with Crippen molar-refractivity contribution >= 4 is 17.4 Å². The number of rotatable bonds is 7. The standard InChI is InChI=1S/C12H20ClN3O/c1-4-10(5-6-13)16-11-7-12(15-8-14-11)17-9(2)3/h7-10H,4-6H2,1-3H3,(H,14,15,16). The van der Waals surface area contributed by atoms with Gasteiger partial charge >= 0.3 is 0 Å². The van der Waals surface area contributed by atoms with Crippen LogP contribution in [0.2, 0.25) is 0 Å². The minimum absolute atomic E-state index is 0.113. The maximum atomic E-state index is 5.74. The van der Waals surface area contributed by atoms with Gasteiger partial charge in [-0.2, -0.15) is 0 Å². The van der Waals surface area contributed by atoms with Gasteiger partial charge in [-0.3, -0.25) is 0 Å². The Labute approximate surface area is 108 Å². The first-order chi connectivity index (χ1) is 8.15. The lowest BCUT2D eigenvalue weighted by molar-refractivity contribution is 0.232. The number of hydrogen-bond acceptors (Lipinski definition) is 4. The lowest BCUT2D eigenvalue weighted by Crippen LogP contribution is -2.20. The van der Waals surface area contributed by atoms with E-state index >= 15 is 0 Å². The van der Waals surface area contributed by atoms with Gasteiger partial charge in [-0.15, -0.1) is 11.6 Å². The van der Waals surface area contributed by atoms with Gasteiger partial charge in [-0.1, -0.05) is 6.92 Å². The summed E-state index contributed by atoms with van der Waals surface area (Å²) >= 11 is 5.74. The van der Waals surface area contributed by atoms with Crippen molar-refractivity contribution < 1.29 is 4.74 Å². The Morgan fingerprint density at radius 2 is 2.18 bits per heavy atom. The quantitative estimate of drug-likeness (QED) is 0.763. The van der Waals surface area contributed by atoms with E-state index in [0.29, 0.717) is 17.8 Å². The van der Waals surface area contributed by atoms with Crippen LogP contribution in [0.3, 0.4) is 0 Å². The highest BCUT2D eigenvalue weighted by Gasteiger charge is 2.07. The summed E-state index contributed by atoms with van der Waals surface area (Å²) < 4.78 is 5.51. The largest absolute Gasteiger partial charge is 0.475 e. The molecular formula is C12H20ClN3O. The fourth-order valence-electron chi connectivity index (χ4n) is 1.44. The smallest absolute Gasteiger partial charge is 0.218 e. The lowest BCUT2D eigenvalue weighted by Gasteiger charge is -2.16. The zero-order chi connectivity index (χ0) is 12.7. The summed E-state index contributed by atoms with van der Waals surface area (Å²) in [5.41, 5.74) is 0. The summed E-state index contributed by atoms with van der Waals surface area (Å²) in [6.45, 7) is 6.06. The summed E-state index contributed by atoms with van der Waals surface area (Å²) in [7, 11) is 0. The third-order valence-electron chi connectivity index (χ3n) is 2.30. The molecule has 4 nitrogen and oxygen atoms in total. The number of nitrogens with zero attached hydrogens (tertiary/aromatic N) is 2. The van der Waals surface area contributed by atoms with Crippen LogP contribution in [0.4, 0.5) is 5.82 Å². The van der Waals surface area contributed by atoms with E-state index in [-0.39, 0.29) is 6.10 Å². The predicted octanol–water partition coefficient (Wildman–Crippen LogP) is 3.08. The lowest BCUT2D eigenvalue weighted by atomic mass is 10.2. The summed E-state index contributed by atoms with van der Waals surface area (Å²) in [5.74, 6) is 2.03. The maximum absolute atomic E-state index is 5.74. The molecule has 5 heteroatoms. The highest BCUT2D eigenvalue weighted by Crippen LogP contribution is 2.15. The van der Waals surface area contributed by atoms with Gasteiger partial charge in [0.1, 0.15) is 12.1 Å². The number of anilines is 1. The molecule has 0 bridgehead atoms. The van der Waals surface area contributed by atoms with Crippen molar-refractivity contribution in [1.82, 2.24) is 9.97 Å². The van der Waals surface area contributed by atoms with Gasteiger partial charge in [0.05, 0.1) is 6.10 Å². The molecule has 0 aliphatic rings. The van der Waals surface area contributed by atoms with Gasteiger partial charge < -0.3 is 10.1 Å². The van der Waals surface area contributed by atoms with Crippen LogP contribution in [0.1, 0.15) is 33.6 Å².